The molecule has 1 aromatic rings. The summed E-state index contributed by atoms with van der Waals surface area (Å²) in [5, 5.41) is -0.251. The molecule has 0 aliphatic heterocycles. The largest absolute Gasteiger partial charge is 0.494 e. The van der Waals surface area contributed by atoms with E-state index in [-0.39, 0.29) is 5.24 Å². The average molecular weight is 325 g/mol. The van der Waals surface area contributed by atoms with Gasteiger partial charge in [-0.2, -0.15) is 0 Å². The lowest BCUT2D eigenvalue weighted by atomic mass is 9.88. The Kier molecular flexibility index (Phi) is 8.55. The summed E-state index contributed by atoms with van der Waals surface area (Å²) in [6.07, 6.45) is 7.63. The van der Waals surface area contributed by atoms with Crippen LogP contribution in [0.15, 0.2) is 24.3 Å². The number of hydrogen-bond acceptors (Lipinski definition) is 2. The van der Waals surface area contributed by atoms with Crippen molar-refractivity contribution in [3.8, 4) is 5.75 Å². The van der Waals surface area contributed by atoms with Gasteiger partial charge in [0.25, 0.3) is 0 Å². The molecule has 0 aliphatic carbocycles. The van der Waals surface area contributed by atoms with Crippen molar-refractivity contribution in [2.45, 2.75) is 65.7 Å². The molecule has 0 aliphatic rings. The van der Waals surface area contributed by atoms with Gasteiger partial charge < -0.3 is 4.74 Å². The normalized spacial score (nSPS) is 11.5. The minimum atomic E-state index is -0.427. The summed E-state index contributed by atoms with van der Waals surface area (Å²) >= 11 is 5.60. The van der Waals surface area contributed by atoms with Crippen LogP contribution in [0.1, 0.15) is 64.9 Å². The number of hydrogen-bond donors (Lipinski definition) is 0. The summed E-state index contributed by atoms with van der Waals surface area (Å²) in [4.78, 5) is 11.3. The van der Waals surface area contributed by atoms with Gasteiger partial charge in [-0.1, -0.05) is 52.2 Å². The van der Waals surface area contributed by atoms with Crippen LogP contribution in [-0.2, 0) is 11.2 Å². The summed E-state index contributed by atoms with van der Waals surface area (Å²) in [6, 6.07) is 8.29. The molecule has 0 N–H and O–H groups in total. The molecule has 2 nitrogen and oxygen atoms in total. The fourth-order valence-electron chi connectivity index (χ4n) is 2.30. The Bertz CT molecular complexity index is 437. The van der Waals surface area contributed by atoms with Gasteiger partial charge in [0.05, 0.1) is 6.61 Å². The standard InChI is InChI=1S/C19H29ClO2/c1-4-5-6-7-15-22-17-12-10-16(11-13-17)9-8-14-19(2,3)18(20)21/h10-13H,4-9,14-15H2,1-3H3. The van der Waals surface area contributed by atoms with Gasteiger partial charge >= 0.3 is 0 Å². The van der Waals surface area contributed by atoms with Crippen molar-refractivity contribution in [3.05, 3.63) is 29.8 Å². The van der Waals surface area contributed by atoms with Crippen LogP contribution in [-0.4, -0.2) is 11.8 Å². The summed E-state index contributed by atoms with van der Waals surface area (Å²) in [5.74, 6) is 0.941. The first-order valence-corrected chi connectivity index (χ1v) is 8.75. The Morgan fingerprint density at radius 2 is 1.77 bits per heavy atom. The van der Waals surface area contributed by atoms with Crippen LogP contribution in [0.3, 0.4) is 0 Å². The number of aryl methyl sites for hydroxylation is 1. The second-order valence-electron chi connectivity index (χ2n) is 6.56. The molecule has 22 heavy (non-hydrogen) atoms. The van der Waals surface area contributed by atoms with E-state index in [4.69, 9.17) is 16.3 Å². The van der Waals surface area contributed by atoms with E-state index in [9.17, 15) is 4.79 Å². The van der Waals surface area contributed by atoms with Crippen LogP contribution in [0, 0.1) is 5.41 Å². The summed E-state index contributed by atoms with van der Waals surface area (Å²) < 4.78 is 5.74. The van der Waals surface area contributed by atoms with Gasteiger partial charge in [-0.05, 0) is 55.0 Å². The Balaban J connectivity index is 2.28. The molecular weight excluding hydrogens is 296 g/mol. The summed E-state index contributed by atoms with van der Waals surface area (Å²) in [6.45, 7) is 6.81. The van der Waals surface area contributed by atoms with Gasteiger partial charge in [0.2, 0.25) is 5.24 Å². The predicted octanol–water partition coefficient (Wildman–Crippen LogP) is 5.76. The quantitative estimate of drug-likeness (QED) is 0.382. The van der Waals surface area contributed by atoms with Crippen LogP contribution in [0.4, 0.5) is 0 Å². The molecule has 0 saturated heterocycles. The van der Waals surface area contributed by atoms with Crippen LogP contribution in [0.25, 0.3) is 0 Å². The van der Waals surface area contributed by atoms with Crippen molar-refractivity contribution >= 4 is 16.8 Å². The molecule has 3 heteroatoms. The maximum absolute atomic E-state index is 11.3. The number of unbranched alkanes of at least 4 members (excludes halogenated alkanes) is 3. The smallest absolute Gasteiger partial charge is 0.227 e. The first-order valence-electron chi connectivity index (χ1n) is 8.37. The second kappa shape index (κ2) is 9.89. The Hall–Kier alpha value is -1.02. The molecule has 0 saturated carbocycles. The van der Waals surface area contributed by atoms with Crippen molar-refractivity contribution in [1.82, 2.24) is 0 Å². The highest BCUT2D eigenvalue weighted by Crippen LogP contribution is 2.26. The SMILES string of the molecule is CCCCCCOc1ccc(CCCC(C)(C)C(=O)Cl)cc1. The maximum Gasteiger partial charge on any atom is 0.227 e. The first-order chi connectivity index (χ1) is 10.5. The maximum atomic E-state index is 11.3. The Morgan fingerprint density at radius 3 is 2.36 bits per heavy atom. The van der Waals surface area contributed by atoms with Crippen molar-refractivity contribution in [3.63, 3.8) is 0 Å². The van der Waals surface area contributed by atoms with E-state index in [0.717, 1.165) is 38.0 Å². The van der Waals surface area contributed by atoms with E-state index < -0.39 is 5.41 Å². The molecule has 124 valence electrons. The van der Waals surface area contributed by atoms with Crippen molar-refractivity contribution in [2.75, 3.05) is 6.61 Å². The highest BCUT2D eigenvalue weighted by atomic mass is 35.5. The third-order valence-corrected chi connectivity index (χ3v) is 4.50. The molecule has 0 bridgehead atoms. The average Bonchev–Trinajstić information content (AvgIpc) is 2.48. The molecular formula is C19H29ClO2. The van der Waals surface area contributed by atoms with Gasteiger partial charge in [-0.15, -0.1) is 0 Å². The molecule has 0 spiro atoms. The third kappa shape index (κ3) is 7.31. The van der Waals surface area contributed by atoms with Gasteiger partial charge in [-0.25, -0.2) is 0 Å². The lowest BCUT2D eigenvalue weighted by Gasteiger charge is -2.18. The van der Waals surface area contributed by atoms with Gasteiger partial charge in [0, 0.05) is 5.41 Å². The monoisotopic (exact) mass is 324 g/mol. The molecule has 0 heterocycles. The van der Waals surface area contributed by atoms with Crippen LogP contribution >= 0.6 is 11.6 Å². The number of benzene rings is 1. The molecule has 0 atom stereocenters. The zero-order chi connectivity index (χ0) is 16.4. The fraction of sp³-hybridized carbons (Fsp3) is 0.632. The number of carbonyl (C=O) groups excluding carboxylic acids is 1. The predicted molar refractivity (Wildman–Crippen MR) is 93.7 cm³/mol. The molecule has 0 amide bonds. The minimum Gasteiger partial charge on any atom is -0.494 e. The molecule has 0 fully saturated rings. The Morgan fingerprint density at radius 1 is 1.09 bits per heavy atom. The topological polar surface area (TPSA) is 26.3 Å². The molecule has 0 aromatic heterocycles. The molecule has 1 rings (SSSR count). The highest BCUT2D eigenvalue weighted by Gasteiger charge is 2.24. The second-order valence-corrected chi connectivity index (χ2v) is 6.91. The number of rotatable bonds is 11. The number of halogens is 1. The summed E-state index contributed by atoms with van der Waals surface area (Å²) in [5.41, 5.74) is 0.847. The van der Waals surface area contributed by atoms with Gasteiger partial charge in [0.15, 0.2) is 0 Å². The number of ether oxygens (including phenoxy) is 1. The van der Waals surface area contributed by atoms with E-state index in [1.54, 1.807) is 0 Å². The highest BCUT2D eigenvalue weighted by molar-refractivity contribution is 6.64. The van der Waals surface area contributed by atoms with Crippen LogP contribution in [0.2, 0.25) is 0 Å². The molecule has 0 radical (unpaired) electrons. The Labute approximate surface area is 140 Å². The zero-order valence-electron chi connectivity index (χ0n) is 14.2. The number of carbonyl (C=O) groups is 1. The third-order valence-electron chi connectivity index (χ3n) is 3.99. The molecule has 1 aromatic carbocycles. The molecule has 0 unspecified atom stereocenters. The van der Waals surface area contributed by atoms with Crippen molar-refractivity contribution in [1.29, 1.82) is 0 Å². The van der Waals surface area contributed by atoms with E-state index in [2.05, 4.69) is 19.1 Å². The first kappa shape index (κ1) is 19.0. The lowest BCUT2D eigenvalue weighted by molar-refractivity contribution is -0.119. The van der Waals surface area contributed by atoms with Gasteiger partial charge in [0.1, 0.15) is 5.75 Å². The fourth-order valence-corrected chi connectivity index (χ4v) is 2.40. The van der Waals surface area contributed by atoms with Crippen LogP contribution < -0.4 is 4.74 Å². The van der Waals surface area contributed by atoms with Crippen molar-refractivity contribution in [2.24, 2.45) is 5.41 Å². The lowest BCUT2D eigenvalue weighted by Crippen LogP contribution is -2.19. The van der Waals surface area contributed by atoms with Crippen LogP contribution in [0.5, 0.6) is 5.75 Å². The van der Waals surface area contributed by atoms with E-state index in [1.807, 2.05) is 26.0 Å². The minimum absolute atomic E-state index is 0.251. The van der Waals surface area contributed by atoms with E-state index >= 15 is 0 Å². The van der Waals surface area contributed by atoms with Gasteiger partial charge in [-0.3, -0.25) is 4.79 Å². The zero-order valence-corrected chi connectivity index (χ0v) is 14.9. The van der Waals surface area contributed by atoms with E-state index in [0.29, 0.717) is 0 Å². The van der Waals surface area contributed by atoms with E-state index in [1.165, 1.54) is 24.8 Å². The van der Waals surface area contributed by atoms with Crippen molar-refractivity contribution < 1.29 is 9.53 Å². The summed E-state index contributed by atoms with van der Waals surface area (Å²) in [7, 11) is 0.